The summed E-state index contributed by atoms with van der Waals surface area (Å²) in [6.07, 6.45) is 2.57. The molecule has 3 rings (SSSR count). The zero-order valence-electron chi connectivity index (χ0n) is 21.5. The van der Waals surface area contributed by atoms with E-state index in [1.807, 2.05) is 20.8 Å². The van der Waals surface area contributed by atoms with Gasteiger partial charge in [0.15, 0.2) is 11.8 Å². The zero-order valence-corrected chi connectivity index (χ0v) is 23.1. The molecule has 38 heavy (non-hydrogen) atoms. The molecule has 15 heteroatoms. The Hall–Kier alpha value is -3.20. The van der Waals surface area contributed by atoms with Crippen LogP contribution in [0.25, 0.3) is 10.8 Å². The number of carboxylic acid groups (broad SMARTS) is 1. The van der Waals surface area contributed by atoms with Crippen molar-refractivity contribution >= 4 is 56.2 Å². The minimum atomic E-state index is -4.03. The van der Waals surface area contributed by atoms with Crippen LogP contribution < -0.4 is 32.6 Å². The Bertz CT molecular complexity index is 1300. The first-order valence-corrected chi connectivity index (χ1v) is 13.7. The van der Waals surface area contributed by atoms with E-state index in [9.17, 15) is 18.0 Å². The van der Waals surface area contributed by atoms with Crippen molar-refractivity contribution in [2.75, 3.05) is 13.1 Å². The summed E-state index contributed by atoms with van der Waals surface area (Å²) in [4.78, 5) is 29.8. The number of carbonyl (C=O) groups excluding carboxylic acids is 1. The topological polar surface area (TPSA) is 228 Å². The van der Waals surface area contributed by atoms with Gasteiger partial charge in [0.1, 0.15) is 5.54 Å². The number of aromatic nitrogens is 1. The van der Waals surface area contributed by atoms with Crippen LogP contribution in [0.5, 0.6) is 0 Å². The minimum absolute atomic E-state index is 0.0557. The van der Waals surface area contributed by atoms with Crippen molar-refractivity contribution in [2.45, 2.75) is 62.4 Å². The van der Waals surface area contributed by atoms with Gasteiger partial charge in [-0.3, -0.25) is 4.79 Å². The number of nitrogens with two attached hydrogens (primary N) is 3. The summed E-state index contributed by atoms with van der Waals surface area (Å²) in [5.74, 6) is -0.775. The van der Waals surface area contributed by atoms with Crippen LogP contribution in [0, 0.1) is 0 Å². The van der Waals surface area contributed by atoms with Crippen LogP contribution in [0.1, 0.15) is 46.5 Å². The van der Waals surface area contributed by atoms with E-state index in [1.165, 1.54) is 24.4 Å². The number of hydrogen-bond donors (Lipinski definition) is 7. The number of sulfonamides is 1. The third-order valence-corrected chi connectivity index (χ3v) is 7.48. The highest BCUT2D eigenvalue weighted by Crippen LogP contribution is 2.34. The Balaban J connectivity index is 0.000000391. The number of hydrogen-bond acceptors (Lipinski definition) is 7. The molecule has 0 atom stereocenters. The standard InChI is InChI=1S/C16H19ClN6O3S.C7H16N2O2/c17-12-8-21-13(22-15(19)20)11-7-9(3-4-10(11)12)27(25,26)23-16(14(18)24)5-1-2-6-16;1-7(2,3)9-5-4-8-6(10)11/h3-4,7-8,23H,1-2,5-6H2,(H2,18,24)(H4,19,20,21,22);8-9H,4-5H2,1-3H3,(H,10,11). The molecule has 0 saturated heterocycles. The number of aliphatic imine (C=N–C) groups is 1. The Morgan fingerprint density at radius 3 is 2.29 bits per heavy atom. The average Bonchev–Trinajstić information content (AvgIpc) is 3.27. The number of guanidine groups is 1. The SMILES string of the molecule is CC(C)(C)NCCNC(=O)O.NC(=O)C1(NS(=O)(=O)c2ccc3c(Cl)cnc(N=C(N)N)c3c2)CCCC1. The lowest BCUT2D eigenvalue weighted by atomic mass is 9.99. The van der Waals surface area contributed by atoms with Gasteiger partial charge in [-0.15, -0.1) is 0 Å². The zero-order chi connectivity index (χ0) is 28.7. The molecule has 1 aliphatic rings. The summed E-state index contributed by atoms with van der Waals surface area (Å²) in [6.45, 7) is 7.22. The van der Waals surface area contributed by atoms with Crippen LogP contribution >= 0.6 is 11.6 Å². The summed E-state index contributed by atoms with van der Waals surface area (Å²) in [6, 6.07) is 4.28. The van der Waals surface area contributed by atoms with E-state index in [2.05, 4.69) is 25.3 Å². The van der Waals surface area contributed by atoms with Crippen molar-refractivity contribution in [2.24, 2.45) is 22.2 Å². The molecule has 0 aliphatic heterocycles. The van der Waals surface area contributed by atoms with E-state index in [0.29, 0.717) is 41.7 Å². The third-order valence-electron chi connectivity index (χ3n) is 5.65. The van der Waals surface area contributed by atoms with Crippen LogP contribution in [-0.2, 0) is 14.8 Å². The predicted molar refractivity (Wildman–Crippen MR) is 147 cm³/mol. The number of nitrogens with zero attached hydrogens (tertiary/aromatic N) is 2. The largest absolute Gasteiger partial charge is 0.465 e. The predicted octanol–water partition coefficient (Wildman–Crippen LogP) is 1.51. The van der Waals surface area contributed by atoms with E-state index < -0.39 is 27.6 Å². The first-order chi connectivity index (χ1) is 17.6. The number of benzene rings is 1. The van der Waals surface area contributed by atoms with Crippen molar-refractivity contribution in [1.29, 1.82) is 0 Å². The van der Waals surface area contributed by atoms with Crippen molar-refractivity contribution < 1.29 is 23.1 Å². The van der Waals surface area contributed by atoms with Gasteiger partial charge in [-0.05, 0) is 45.7 Å². The van der Waals surface area contributed by atoms with Crippen LogP contribution in [0.15, 0.2) is 34.3 Å². The second-order valence-electron chi connectivity index (χ2n) is 9.84. The van der Waals surface area contributed by atoms with Gasteiger partial charge in [-0.2, -0.15) is 9.71 Å². The first-order valence-electron chi connectivity index (χ1n) is 11.8. The highest BCUT2D eigenvalue weighted by Gasteiger charge is 2.43. The second-order valence-corrected chi connectivity index (χ2v) is 11.9. The number of rotatable bonds is 8. The minimum Gasteiger partial charge on any atom is -0.465 e. The van der Waals surface area contributed by atoms with Crippen molar-refractivity contribution in [1.82, 2.24) is 20.3 Å². The highest BCUT2D eigenvalue weighted by molar-refractivity contribution is 7.89. The molecule has 0 spiro atoms. The Kier molecular flexibility index (Phi) is 10.3. The monoisotopic (exact) mass is 570 g/mol. The maximum Gasteiger partial charge on any atom is 0.404 e. The smallest absolute Gasteiger partial charge is 0.404 e. The molecule has 1 aromatic carbocycles. The maximum absolute atomic E-state index is 12.9. The van der Waals surface area contributed by atoms with Crippen LogP contribution in [0.3, 0.4) is 0 Å². The average molecular weight is 571 g/mol. The molecular formula is C23H35ClN8O5S. The number of fused-ring (bicyclic) bond motifs is 1. The molecule has 13 nitrogen and oxygen atoms in total. The maximum atomic E-state index is 12.9. The molecule has 1 fully saturated rings. The number of halogens is 1. The molecule has 1 aliphatic carbocycles. The van der Waals surface area contributed by atoms with E-state index in [1.54, 1.807) is 0 Å². The Labute approximate surface area is 226 Å². The second kappa shape index (κ2) is 12.6. The summed E-state index contributed by atoms with van der Waals surface area (Å²) in [5, 5.41) is 14.8. The molecular weight excluding hydrogens is 536 g/mol. The van der Waals surface area contributed by atoms with Gasteiger partial charge in [0.2, 0.25) is 15.9 Å². The normalized spacial score (nSPS) is 14.8. The molecule has 0 bridgehead atoms. The molecule has 210 valence electrons. The van der Waals surface area contributed by atoms with E-state index in [-0.39, 0.29) is 22.2 Å². The lowest BCUT2D eigenvalue weighted by Crippen LogP contribution is -2.55. The van der Waals surface area contributed by atoms with Crippen LogP contribution in [-0.4, -0.2) is 60.6 Å². The number of nitrogens with one attached hydrogen (secondary N) is 3. The van der Waals surface area contributed by atoms with E-state index >= 15 is 0 Å². The molecule has 1 saturated carbocycles. The van der Waals surface area contributed by atoms with Crippen molar-refractivity contribution in [3.05, 3.63) is 29.4 Å². The van der Waals surface area contributed by atoms with Crippen LogP contribution in [0.4, 0.5) is 10.6 Å². The first kappa shape index (κ1) is 31.0. The molecule has 10 N–H and O–H groups in total. The summed E-state index contributed by atoms with van der Waals surface area (Å²) >= 11 is 6.13. The number of amides is 2. The van der Waals surface area contributed by atoms with Gasteiger partial charge >= 0.3 is 6.09 Å². The fraction of sp³-hybridized carbons (Fsp3) is 0.478. The molecule has 2 amide bonds. The van der Waals surface area contributed by atoms with Gasteiger partial charge in [0.25, 0.3) is 0 Å². The quantitative estimate of drug-likeness (QED) is 0.138. The number of carbonyl (C=O) groups is 2. The summed E-state index contributed by atoms with van der Waals surface area (Å²) in [7, 11) is -4.03. The van der Waals surface area contributed by atoms with Crippen molar-refractivity contribution in [3.8, 4) is 0 Å². The molecule has 2 aromatic rings. The highest BCUT2D eigenvalue weighted by atomic mass is 35.5. The van der Waals surface area contributed by atoms with Gasteiger partial charge in [0.05, 0.1) is 9.92 Å². The van der Waals surface area contributed by atoms with Crippen molar-refractivity contribution in [3.63, 3.8) is 0 Å². The number of pyridine rings is 1. The summed E-state index contributed by atoms with van der Waals surface area (Å²) in [5.41, 5.74) is 15.1. The summed E-state index contributed by atoms with van der Waals surface area (Å²) < 4.78 is 28.3. The van der Waals surface area contributed by atoms with E-state index in [4.69, 9.17) is 33.9 Å². The number of primary amides is 1. The van der Waals surface area contributed by atoms with Crippen LogP contribution in [0.2, 0.25) is 5.02 Å². The fourth-order valence-corrected chi connectivity index (χ4v) is 5.52. The Morgan fingerprint density at radius 2 is 1.76 bits per heavy atom. The lowest BCUT2D eigenvalue weighted by molar-refractivity contribution is -0.123. The van der Waals surface area contributed by atoms with Gasteiger partial charge in [0, 0.05) is 35.6 Å². The molecule has 0 unspecified atom stereocenters. The van der Waals surface area contributed by atoms with Gasteiger partial charge in [-0.1, -0.05) is 30.5 Å². The van der Waals surface area contributed by atoms with Gasteiger partial charge in [-0.25, -0.2) is 18.2 Å². The molecule has 0 radical (unpaired) electrons. The Morgan fingerprint density at radius 1 is 1.13 bits per heavy atom. The molecule has 1 aromatic heterocycles. The van der Waals surface area contributed by atoms with E-state index in [0.717, 1.165) is 12.8 Å². The van der Waals surface area contributed by atoms with Gasteiger partial charge < -0.3 is 32.9 Å². The lowest BCUT2D eigenvalue weighted by Gasteiger charge is -2.26. The fourth-order valence-electron chi connectivity index (χ4n) is 3.85. The third kappa shape index (κ3) is 8.68. The molecule has 1 heterocycles.